The highest BCUT2D eigenvalue weighted by atomic mass is 32.2. The molecule has 0 saturated heterocycles. The van der Waals surface area contributed by atoms with Gasteiger partial charge in [-0.25, -0.2) is 9.59 Å². The minimum absolute atomic E-state index is 0.217. The van der Waals surface area contributed by atoms with Gasteiger partial charge in [-0.15, -0.1) is 0 Å². The molecule has 7 nitrogen and oxygen atoms in total. The Bertz CT molecular complexity index is 1200. The van der Waals surface area contributed by atoms with Crippen LogP contribution < -0.4 is 5.32 Å². The van der Waals surface area contributed by atoms with Gasteiger partial charge in [0.1, 0.15) is 6.07 Å². The molecule has 0 unspecified atom stereocenters. The van der Waals surface area contributed by atoms with Crippen LogP contribution in [-0.4, -0.2) is 31.6 Å². The van der Waals surface area contributed by atoms with E-state index in [2.05, 4.69) is 16.1 Å². The van der Waals surface area contributed by atoms with Gasteiger partial charge in [-0.3, -0.25) is 4.79 Å². The van der Waals surface area contributed by atoms with E-state index in [0.717, 1.165) is 10.5 Å². The molecule has 0 aliphatic rings. The van der Waals surface area contributed by atoms with Crippen LogP contribution in [0.2, 0.25) is 0 Å². The number of hydrogen-bond donors (Lipinski definition) is 1. The van der Waals surface area contributed by atoms with Crippen molar-refractivity contribution < 1.29 is 23.9 Å². The Morgan fingerprint density at radius 3 is 2.27 bits per heavy atom. The molecule has 0 bridgehead atoms. The maximum Gasteiger partial charge on any atom is 0.339 e. The summed E-state index contributed by atoms with van der Waals surface area (Å²) in [6.07, 6.45) is 0. The second-order valence-corrected chi connectivity index (χ2v) is 7.83. The Balaban J connectivity index is 1.56. The summed E-state index contributed by atoms with van der Waals surface area (Å²) >= 11 is 1.28. The molecule has 0 atom stereocenters. The first kappa shape index (κ1) is 23.6. The van der Waals surface area contributed by atoms with Crippen molar-refractivity contribution in [1.29, 1.82) is 5.26 Å². The lowest BCUT2D eigenvalue weighted by Crippen LogP contribution is -2.28. The molecule has 33 heavy (non-hydrogen) atoms. The Morgan fingerprint density at radius 1 is 0.909 bits per heavy atom. The van der Waals surface area contributed by atoms with Crippen LogP contribution in [0.4, 0.5) is 0 Å². The quantitative estimate of drug-likeness (QED) is 0.507. The van der Waals surface area contributed by atoms with Crippen LogP contribution in [0.15, 0.2) is 82.6 Å². The molecule has 0 radical (unpaired) electrons. The van der Waals surface area contributed by atoms with Gasteiger partial charge < -0.3 is 14.8 Å². The summed E-state index contributed by atoms with van der Waals surface area (Å²) in [5.41, 5.74) is 2.00. The summed E-state index contributed by atoms with van der Waals surface area (Å²) in [7, 11) is 1.31. The number of carbonyl (C=O) groups is 3. The lowest BCUT2D eigenvalue weighted by molar-refractivity contribution is -0.124. The van der Waals surface area contributed by atoms with Gasteiger partial charge in [0.2, 0.25) is 0 Å². The van der Waals surface area contributed by atoms with E-state index in [1.807, 2.05) is 6.07 Å². The fraction of sp³-hybridized carbons (Fsp3) is 0.120. The Labute approximate surface area is 195 Å². The van der Waals surface area contributed by atoms with Crippen molar-refractivity contribution in [2.75, 3.05) is 13.7 Å². The van der Waals surface area contributed by atoms with Crippen molar-refractivity contribution in [1.82, 2.24) is 5.32 Å². The molecule has 0 heterocycles. The number of hydrogen-bond acceptors (Lipinski definition) is 7. The van der Waals surface area contributed by atoms with E-state index in [0.29, 0.717) is 21.6 Å². The normalized spacial score (nSPS) is 10.1. The molecular formula is C25H20N2O5S. The van der Waals surface area contributed by atoms with Crippen molar-refractivity contribution in [2.24, 2.45) is 0 Å². The molecule has 0 saturated carbocycles. The van der Waals surface area contributed by atoms with E-state index in [9.17, 15) is 19.6 Å². The van der Waals surface area contributed by atoms with Crippen molar-refractivity contribution in [3.05, 3.63) is 95.1 Å². The number of esters is 2. The lowest BCUT2D eigenvalue weighted by Gasteiger charge is -2.10. The predicted molar refractivity (Wildman–Crippen MR) is 122 cm³/mol. The van der Waals surface area contributed by atoms with Crippen molar-refractivity contribution in [2.45, 2.75) is 16.3 Å². The topological polar surface area (TPSA) is 105 Å². The first-order valence-electron chi connectivity index (χ1n) is 9.89. The molecular weight excluding hydrogens is 440 g/mol. The average Bonchev–Trinajstić information content (AvgIpc) is 2.86. The third-order valence-electron chi connectivity index (χ3n) is 4.53. The van der Waals surface area contributed by atoms with Gasteiger partial charge in [0.15, 0.2) is 6.61 Å². The zero-order chi connectivity index (χ0) is 23.6. The van der Waals surface area contributed by atoms with Crippen molar-refractivity contribution in [3.8, 4) is 6.07 Å². The zero-order valence-electron chi connectivity index (χ0n) is 17.7. The molecule has 1 amide bonds. The number of benzene rings is 3. The largest absolute Gasteiger partial charge is 0.465 e. The van der Waals surface area contributed by atoms with Crippen LogP contribution >= 0.6 is 11.8 Å². The molecule has 3 rings (SSSR count). The van der Waals surface area contributed by atoms with Crippen LogP contribution in [0.25, 0.3) is 0 Å². The van der Waals surface area contributed by atoms with Gasteiger partial charge in [-0.1, -0.05) is 48.2 Å². The minimum atomic E-state index is -0.634. The third-order valence-corrected chi connectivity index (χ3v) is 5.69. The average molecular weight is 461 g/mol. The van der Waals surface area contributed by atoms with E-state index in [1.54, 1.807) is 66.7 Å². The Morgan fingerprint density at radius 2 is 1.58 bits per heavy atom. The summed E-state index contributed by atoms with van der Waals surface area (Å²) in [6.45, 7) is -0.220. The van der Waals surface area contributed by atoms with Gasteiger partial charge in [-0.05, 0) is 42.0 Å². The number of rotatable bonds is 8. The summed E-state index contributed by atoms with van der Waals surface area (Å²) in [6, 6.07) is 22.7. The number of carbonyl (C=O) groups excluding carboxylic acids is 3. The zero-order valence-corrected chi connectivity index (χ0v) is 18.6. The van der Waals surface area contributed by atoms with Gasteiger partial charge in [0.05, 0.1) is 23.8 Å². The molecule has 1 N–H and O–H groups in total. The first-order valence-corrected chi connectivity index (χ1v) is 10.7. The number of nitriles is 1. The summed E-state index contributed by atoms with van der Waals surface area (Å²) in [5, 5.41) is 11.9. The number of ether oxygens (including phenoxy) is 2. The summed E-state index contributed by atoms with van der Waals surface area (Å²) < 4.78 is 9.83. The highest BCUT2D eigenvalue weighted by molar-refractivity contribution is 7.99. The molecule has 3 aromatic rings. The van der Waals surface area contributed by atoms with Gasteiger partial charge in [-0.2, -0.15) is 5.26 Å². The van der Waals surface area contributed by atoms with Crippen LogP contribution in [0.1, 0.15) is 31.8 Å². The summed E-state index contributed by atoms with van der Waals surface area (Å²) in [5.74, 6) is -1.53. The minimum Gasteiger partial charge on any atom is -0.465 e. The van der Waals surface area contributed by atoms with E-state index in [-0.39, 0.29) is 6.54 Å². The van der Waals surface area contributed by atoms with Gasteiger partial charge in [0.25, 0.3) is 5.91 Å². The maximum atomic E-state index is 12.6. The second-order valence-electron chi connectivity index (χ2n) is 6.75. The fourth-order valence-electron chi connectivity index (χ4n) is 2.83. The third kappa shape index (κ3) is 6.45. The SMILES string of the molecule is COC(=O)c1ccc(CNC(=O)COC(=O)c2ccccc2Sc2ccccc2C#N)cc1. The number of methoxy groups -OCH3 is 1. The molecule has 0 aliphatic carbocycles. The smallest absolute Gasteiger partial charge is 0.339 e. The molecule has 0 spiro atoms. The van der Waals surface area contributed by atoms with E-state index >= 15 is 0 Å². The molecule has 3 aromatic carbocycles. The monoisotopic (exact) mass is 460 g/mol. The van der Waals surface area contributed by atoms with Crippen LogP contribution in [-0.2, 0) is 20.8 Å². The molecule has 166 valence electrons. The molecule has 0 aromatic heterocycles. The number of nitrogens with one attached hydrogen (secondary N) is 1. The Hall–Kier alpha value is -4.09. The first-order chi connectivity index (χ1) is 16.0. The molecule has 0 fully saturated rings. The van der Waals surface area contributed by atoms with Gasteiger partial charge >= 0.3 is 11.9 Å². The van der Waals surface area contributed by atoms with E-state index in [1.165, 1.54) is 18.9 Å². The maximum absolute atomic E-state index is 12.6. The van der Waals surface area contributed by atoms with E-state index < -0.39 is 24.5 Å². The predicted octanol–water partition coefficient (Wildman–Crippen LogP) is 3.97. The second kappa shape index (κ2) is 11.5. The van der Waals surface area contributed by atoms with Crippen LogP contribution in [0, 0.1) is 11.3 Å². The number of nitrogens with zero attached hydrogens (tertiary/aromatic N) is 1. The fourth-order valence-corrected chi connectivity index (χ4v) is 3.84. The molecule has 0 aliphatic heterocycles. The highest BCUT2D eigenvalue weighted by Gasteiger charge is 2.16. The van der Waals surface area contributed by atoms with Crippen molar-refractivity contribution >= 4 is 29.6 Å². The van der Waals surface area contributed by atoms with E-state index in [4.69, 9.17) is 4.74 Å². The Kier molecular flexibility index (Phi) is 8.22. The van der Waals surface area contributed by atoms with Crippen LogP contribution in [0.3, 0.4) is 0 Å². The van der Waals surface area contributed by atoms with Crippen molar-refractivity contribution in [3.63, 3.8) is 0 Å². The summed E-state index contributed by atoms with van der Waals surface area (Å²) in [4.78, 5) is 37.5. The standard InChI is InChI=1S/C25H20N2O5S/c1-31-24(29)18-12-10-17(11-13-18)15-27-23(28)16-32-25(30)20-7-3-5-9-22(20)33-21-8-4-2-6-19(21)14-26/h2-13H,15-16H2,1H3,(H,27,28). The van der Waals surface area contributed by atoms with Crippen LogP contribution in [0.5, 0.6) is 0 Å². The number of amides is 1. The molecule has 8 heteroatoms. The van der Waals surface area contributed by atoms with Gasteiger partial charge in [0, 0.05) is 16.3 Å². The highest BCUT2D eigenvalue weighted by Crippen LogP contribution is 2.32. The lowest BCUT2D eigenvalue weighted by atomic mass is 10.1.